The molecular formula is C17H17N3OS2. The van der Waals surface area contributed by atoms with Crippen LogP contribution in [0.5, 0.6) is 0 Å². The van der Waals surface area contributed by atoms with Gasteiger partial charge in [0.1, 0.15) is 4.83 Å². The molecule has 0 fully saturated rings. The number of aromatic amines is 1. The van der Waals surface area contributed by atoms with Gasteiger partial charge in [-0.15, -0.1) is 11.3 Å². The zero-order valence-corrected chi connectivity index (χ0v) is 14.5. The van der Waals surface area contributed by atoms with Gasteiger partial charge in [0.15, 0.2) is 4.77 Å². The summed E-state index contributed by atoms with van der Waals surface area (Å²) < 4.78 is 2.14. The lowest BCUT2D eigenvalue weighted by atomic mass is 9.89. The molecule has 1 aliphatic carbocycles. The molecule has 1 aliphatic rings. The van der Waals surface area contributed by atoms with Gasteiger partial charge in [0.25, 0.3) is 5.56 Å². The minimum Gasteiger partial charge on any atom is -0.323 e. The van der Waals surface area contributed by atoms with Crippen molar-refractivity contribution in [2.24, 2.45) is 5.92 Å². The van der Waals surface area contributed by atoms with Crippen LogP contribution in [0.25, 0.3) is 10.2 Å². The Balaban J connectivity index is 1.90. The molecule has 0 amide bonds. The molecule has 6 heteroatoms. The van der Waals surface area contributed by atoms with Gasteiger partial charge in [-0.3, -0.25) is 14.3 Å². The molecule has 1 atom stereocenters. The normalized spacial score (nSPS) is 17.3. The van der Waals surface area contributed by atoms with Crippen LogP contribution in [0.1, 0.15) is 29.3 Å². The van der Waals surface area contributed by atoms with E-state index >= 15 is 0 Å². The van der Waals surface area contributed by atoms with E-state index in [4.69, 9.17) is 12.2 Å². The van der Waals surface area contributed by atoms with Crippen molar-refractivity contribution in [1.29, 1.82) is 0 Å². The maximum Gasteiger partial charge on any atom is 0.263 e. The summed E-state index contributed by atoms with van der Waals surface area (Å²) >= 11 is 7.12. The van der Waals surface area contributed by atoms with E-state index in [-0.39, 0.29) is 5.56 Å². The molecule has 4 nitrogen and oxygen atoms in total. The van der Waals surface area contributed by atoms with Crippen LogP contribution in [-0.2, 0) is 19.4 Å². The summed E-state index contributed by atoms with van der Waals surface area (Å²) in [5.74, 6) is 0.691. The van der Waals surface area contributed by atoms with Gasteiger partial charge >= 0.3 is 0 Å². The molecule has 0 radical (unpaired) electrons. The van der Waals surface area contributed by atoms with E-state index in [0.717, 1.165) is 35.0 Å². The van der Waals surface area contributed by atoms with Gasteiger partial charge in [0.2, 0.25) is 0 Å². The van der Waals surface area contributed by atoms with Crippen molar-refractivity contribution in [3.63, 3.8) is 0 Å². The number of pyridine rings is 1. The van der Waals surface area contributed by atoms with Gasteiger partial charge in [-0.1, -0.05) is 13.0 Å². The van der Waals surface area contributed by atoms with E-state index in [1.54, 1.807) is 28.3 Å². The van der Waals surface area contributed by atoms with E-state index in [0.29, 0.717) is 17.2 Å². The van der Waals surface area contributed by atoms with E-state index in [1.807, 2.05) is 12.1 Å². The maximum atomic E-state index is 13.0. The number of rotatable bonds is 2. The Morgan fingerprint density at radius 1 is 1.52 bits per heavy atom. The van der Waals surface area contributed by atoms with Crippen LogP contribution >= 0.6 is 23.6 Å². The zero-order chi connectivity index (χ0) is 16.0. The first-order valence-corrected chi connectivity index (χ1v) is 9.02. The Kier molecular flexibility index (Phi) is 3.66. The molecule has 0 aromatic carbocycles. The van der Waals surface area contributed by atoms with Crippen molar-refractivity contribution in [1.82, 2.24) is 14.5 Å². The van der Waals surface area contributed by atoms with Crippen LogP contribution in [0.2, 0.25) is 0 Å². The molecule has 0 bridgehead atoms. The molecule has 4 rings (SSSR count). The lowest BCUT2D eigenvalue weighted by Crippen LogP contribution is -2.23. The molecule has 0 saturated carbocycles. The second-order valence-electron chi connectivity index (χ2n) is 6.24. The fourth-order valence-electron chi connectivity index (χ4n) is 3.27. The second kappa shape index (κ2) is 5.69. The number of hydrogen-bond acceptors (Lipinski definition) is 4. The SMILES string of the molecule is C[C@H]1CCc2c(sc3[nH]c(=S)n(Cc4cccnc4)c(=O)c23)C1. The third-order valence-corrected chi connectivity index (χ3v) is 5.99. The number of aromatic nitrogens is 3. The molecule has 0 unspecified atom stereocenters. The largest absolute Gasteiger partial charge is 0.323 e. The topological polar surface area (TPSA) is 50.7 Å². The van der Waals surface area contributed by atoms with Gasteiger partial charge < -0.3 is 4.98 Å². The minimum atomic E-state index is 0.0275. The monoisotopic (exact) mass is 343 g/mol. The molecule has 0 aliphatic heterocycles. The first-order chi connectivity index (χ1) is 11.1. The number of hydrogen-bond donors (Lipinski definition) is 1. The first-order valence-electron chi connectivity index (χ1n) is 7.79. The molecular weight excluding hydrogens is 326 g/mol. The number of aryl methyl sites for hydroxylation is 1. The Hall–Kier alpha value is -1.79. The molecule has 118 valence electrons. The van der Waals surface area contributed by atoms with Crippen LogP contribution in [0.4, 0.5) is 0 Å². The van der Waals surface area contributed by atoms with Crippen LogP contribution in [0.15, 0.2) is 29.3 Å². The van der Waals surface area contributed by atoms with Crippen molar-refractivity contribution in [2.75, 3.05) is 0 Å². The van der Waals surface area contributed by atoms with Crippen molar-refractivity contribution >= 4 is 33.8 Å². The van der Waals surface area contributed by atoms with Crippen LogP contribution in [0.3, 0.4) is 0 Å². The Labute approximate surface area is 142 Å². The number of thiophene rings is 1. The molecule has 23 heavy (non-hydrogen) atoms. The smallest absolute Gasteiger partial charge is 0.263 e. The molecule has 3 aromatic rings. The van der Waals surface area contributed by atoms with Crippen molar-refractivity contribution < 1.29 is 0 Å². The van der Waals surface area contributed by atoms with E-state index in [2.05, 4.69) is 16.9 Å². The summed E-state index contributed by atoms with van der Waals surface area (Å²) in [6.07, 6.45) is 6.71. The quantitative estimate of drug-likeness (QED) is 0.722. The van der Waals surface area contributed by atoms with Crippen LogP contribution in [0, 0.1) is 10.7 Å². The van der Waals surface area contributed by atoms with Crippen LogP contribution < -0.4 is 5.56 Å². The fourth-order valence-corrected chi connectivity index (χ4v) is 4.99. The average molecular weight is 343 g/mol. The Morgan fingerprint density at radius 2 is 2.39 bits per heavy atom. The highest BCUT2D eigenvalue weighted by molar-refractivity contribution is 7.71. The summed E-state index contributed by atoms with van der Waals surface area (Å²) in [6.45, 7) is 2.73. The lowest BCUT2D eigenvalue weighted by molar-refractivity contribution is 0.509. The predicted octanol–water partition coefficient (Wildman–Crippen LogP) is 3.69. The second-order valence-corrected chi connectivity index (χ2v) is 7.73. The highest BCUT2D eigenvalue weighted by Gasteiger charge is 2.23. The summed E-state index contributed by atoms with van der Waals surface area (Å²) in [5, 5.41) is 0.842. The van der Waals surface area contributed by atoms with Crippen molar-refractivity contribution in [3.8, 4) is 0 Å². The van der Waals surface area contributed by atoms with Crippen LogP contribution in [-0.4, -0.2) is 14.5 Å². The third-order valence-electron chi connectivity index (χ3n) is 4.50. The van der Waals surface area contributed by atoms with Gasteiger partial charge in [-0.05, 0) is 54.6 Å². The fraction of sp³-hybridized carbons (Fsp3) is 0.353. The van der Waals surface area contributed by atoms with Crippen molar-refractivity contribution in [3.05, 3.63) is 55.7 Å². The first kappa shape index (κ1) is 14.8. The molecule has 0 saturated heterocycles. The predicted molar refractivity (Wildman–Crippen MR) is 95.8 cm³/mol. The van der Waals surface area contributed by atoms with Gasteiger partial charge in [0.05, 0.1) is 11.9 Å². The van der Waals surface area contributed by atoms with E-state index in [1.165, 1.54) is 10.4 Å². The number of H-pyrrole nitrogens is 1. The van der Waals surface area contributed by atoms with Gasteiger partial charge in [0, 0.05) is 17.3 Å². The standard InChI is InChI=1S/C17H17N3OS2/c1-10-4-5-12-13(7-10)23-15-14(12)16(21)20(17(22)19-15)9-11-3-2-6-18-8-11/h2-3,6,8,10H,4-5,7,9H2,1H3,(H,19,22)/t10-/m0/s1. The van der Waals surface area contributed by atoms with Gasteiger partial charge in [-0.2, -0.15) is 0 Å². The van der Waals surface area contributed by atoms with Crippen molar-refractivity contribution in [2.45, 2.75) is 32.7 Å². The average Bonchev–Trinajstić information content (AvgIpc) is 2.89. The summed E-state index contributed by atoms with van der Waals surface area (Å²) in [5.41, 5.74) is 2.24. The molecule has 0 spiro atoms. The number of nitrogens with one attached hydrogen (secondary N) is 1. The van der Waals surface area contributed by atoms with E-state index in [9.17, 15) is 4.79 Å². The van der Waals surface area contributed by atoms with Gasteiger partial charge in [-0.25, -0.2) is 0 Å². The van der Waals surface area contributed by atoms with E-state index < -0.39 is 0 Å². The zero-order valence-electron chi connectivity index (χ0n) is 12.8. The molecule has 3 heterocycles. The summed E-state index contributed by atoms with van der Waals surface area (Å²) in [7, 11) is 0. The third kappa shape index (κ3) is 2.56. The Morgan fingerprint density at radius 3 is 3.17 bits per heavy atom. The lowest BCUT2D eigenvalue weighted by Gasteiger charge is -2.17. The number of fused-ring (bicyclic) bond motifs is 3. The summed E-state index contributed by atoms with van der Waals surface area (Å²) in [6, 6.07) is 3.84. The number of nitrogens with zero attached hydrogens (tertiary/aromatic N) is 2. The highest BCUT2D eigenvalue weighted by atomic mass is 32.1. The molecule has 1 N–H and O–H groups in total. The maximum absolute atomic E-state index is 13.0. The molecule has 3 aromatic heterocycles. The summed E-state index contributed by atoms with van der Waals surface area (Å²) in [4.78, 5) is 22.7. The minimum absolute atomic E-state index is 0.0275. The highest BCUT2D eigenvalue weighted by Crippen LogP contribution is 2.35. The Bertz CT molecular complexity index is 985.